The minimum Gasteiger partial charge on any atom is -0.383 e. The van der Waals surface area contributed by atoms with Crippen molar-refractivity contribution >= 4 is 23.1 Å². The first-order valence-electron chi connectivity index (χ1n) is 7.21. The second-order valence-electron chi connectivity index (χ2n) is 5.21. The maximum atomic E-state index is 11.3. The van der Waals surface area contributed by atoms with Crippen LogP contribution in [-0.4, -0.2) is 9.91 Å². The van der Waals surface area contributed by atoms with E-state index in [0.29, 0.717) is 21.8 Å². The molecule has 2 N–H and O–H groups in total. The summed E-state index contributed by atoms with van der Waals surface area (Å²) in [7, 11) is 0. The van der Waals surface area contributed by atoms with Crippen molar-refractivity contribution in [2.24, 2.45) is 0 Å². The Morgan fingerprint density at radius 3 is 2.44 bits per heavy atom. The summed E-state index contributed by atoms with van der Waals surface area (Å²) in [6.45, 7) is 0. The number of halogens is 1. The van der Waals surface area contributed by atoms with Crippen LogP contribution in [0.15, 0.2) is 54.6 Å². The van der Waals surface area contributed by atoms with Crippen LogP contribution in [0.1, 0.15) is 5.56 Å². The van der Waals surface area contributed by atoms with Gasteiger partial charge in [0, 0.05) is 22.2 Å². The van der Waals surface area contributed by atoms with E-state index in [1.54, 1.807) is 48.5 Å². The Morgan fingerprint density at radius 2 is 1.80 bits per heavy atom. The molecule has 1 aromatic heterocycles. The molecule has 0 spiro atoms. The summed E-state index contributed by atoms with van der Waals surface area (Å²) in [6, 6.07) is 16.8. The minimum atomic E-state index is -0.491. The van der Waals surface area contributed by atoms with Crippen LogP contribution < -0.4 is 5.73 Å². The van der Waals surface area contributed by atoms with Gasteiger partial charge in [-0.1, -0.05) is 35.9 Å². The molecule has 0 saturated carbocycles. The zero-order chi connectivity index (χ0) is 18.0. The first kappa shape index (κ1) is 16.4. The molecule has 0 amide bonds. The third-order valence-corrected chi connectivity index (χ3v) is 3.94. The quantitative estimate of drug-likeness (QED) is 0.555. The van der Waals surface area contributed by atoms with Crippen molar-refractivity contribution in [1.82, 2.24) is 4.98 Å². The first-order chi connectivity index (χ1) is 12.0. The summed E-state index contributed by atoms with van der Waals surface area (Å²) in [5, 5.41) is 21.3. The summed E-state index contributed by atoms with van der Waals surface area (Å²) in [4.78, 5) is 15.1. The van der Waals surface area contributed by atoms with Crippen LogP contribution in [0, 0.1) is 21.4 Å². The van der Waals surface area contributed by atoms with Gasteiger partial charge in [0.2, 0.25) is 0 Å². The molecule has 0 aliphatic rings. The summed E-state index contributed by atoms with van der Waals surface area (Å²) >= 11 is 5.90. The van der Waals surface area contributed by atoms with Gasteiger partial charge in [-0.05, 0) is 24.3 Å². The number of para-hydroxylation sites is 1. The molecule has 0 radical (unpaired) electrons. The molecule has 3 aromatic rings. The van der Waals surface area contributed by atoms with Gasteiger partial charge in [-0.25, -0.2) is 4.98 Å². The maximum Gasteiger partial charge on any atom is 0.277 e. The highest BCUT2D eigenvalue weighted by Crippen LogP contribution is 2.36. The number of hydrogen-bond donors (Lipinski definition) is 1. The van der Waals surface area contributed by atoms with Crippen LogP contribution in [0.25, 0.3) is 22.4 Å². The maximum absolute atomic E-state index is 11.3. The zero-order valence-electron chi connectivity index (χ0n) is 12.8. The van der Waals surface area contributed by atoms with Gasteiger partial charge < -0.3 is 5.73 Å². The molecule has 0 aliphatic heterocycles. The van der Waals surface area contributed by atoms with E-state index in [4.69, 9.17) is 17.3 Å². The number of nitro benzene ring substituents is 1. The average molecular weight is 351 g/mol. The number of anilines is 1. The van der Waals surface area contributed by atoms with Gasteiger partial charge in [0.15, 0.2) is 0 Å². The number of rotatable bonds is 3. The Balaban J connectivity index is 2.28. The predicted octanol–water partition coefficient (Wildman–Crippen LogP) is 4.43. The fourth-order valence-corrected chi connectivity index (χ4v) is 2.65. The Hall–Kier alpha value is -3.43. The van der Waals surface area contributed by atoms with E-state index >= 15 is 0 Å². The molecule has 0 aliphatic carbocycles. The summed E-state index contributed by atoms with van der Waals surface area (Å²) in [5.74, 6) is 0.0168. The van der Waals surface area contributed by atoms with Crippen LogP contribution in [0.5, 0.6) is 0 Å². The Morgan fingerprint density at radius 1 is 1.12 bits per heavy atom. The number of nitrogens with two attached hydrogens (primary N) is 1. The highest BCUT2D eigenvalue weighted by Gasteiger charge is 2.20. The standard InChI is InChI=1S/C18H11ClN4O2/c19-12-7-5-11(6-8-12)16-9-14(15(10-20)18(21)22-16)13-3-1-2-4-17(13)23(24)25/h1-9H,(H2,21,22). The molecular formula is C18H11ClN4O2. The van der Waals surface area contributed by atoms with Gasteiger partial charge >= 0.3 is 0 Å². The van der Waals surface area contributed by atoms with Crippen LogP contribution >= 0.6 is 11.6 Å². The SMILES string of the molecule is N#Cc1c(-c2ccccc2[N+](=O)[O-])cc(-c2ccc(Cl)cc2)nc1N. The first-order valence-corrected chi connectivity index (χ1v) is 7.59. The highest BCUT2D eigenvalue weighted by atomic mass is 35.5. The molecule has 25 heavy (non-hydrogen) atoms. The van der Waals surface area contributed by atoms with Gasteiger partial charge in [-0.15, -0.1) is 0 Å². The summed E-state index contributed by atoms with van der Waals surface area (Å²) in [5.41, 5.74) is 7.85. The largest absolute Gasteiger partial charge is 0.383 e. The highest BCUT2D eigenvalue weighted by molar-refractivity contribution is 6.30. The van der Waals surface area contributed by atoms with Crippen LogP contribution in [0.3, 0.4) is 0 Å². The molecule has 6 nitrogen and oxygen atoms in total. The fourth-order valence-electron chi connectivity index (χ4n) is 2.52. The molecule has 7 heteroatoms. The van der Waals surface area contributed by atoms with E-state index in [-0.39, 0.29) is 17.1 Å². The average Bonchev–Trinajstić information content (AvgIpc) is 2.61. The second kappa shape index (κ2) is 6.59. The number of nitro groups is 1. The van der Waals surface area contributed by atoms with E-state index in [1.165, 1.54) is 6.07 Å². The Bertz CT molecular complexity index is 1010. The van der Waals surface area contributed by atoms with Crippen molar-refractivity contribution < 1.29 is 4.92 Å². The number of benzene rings is 2. The lowest BCUT2D eigenvalue weighted by Crippen LogP contribution is -2.01. The van der Waals surface area contributed by atoms with Crippen molar-refractivity contribution in [2.75, 3.05) is 5.73 Å². The van der Waals surface area contributed by atoms with E-state index in [2.05, 4.69) is 4.98 Å². The van der Waals surface area contributed by atoms with E-state index in [1.807, 2.05) is 6.07 Å². The molecule has 122 valence electrons. The summed E-state index contributed by atoms with van der Waals surface area (Å²) in [6.07, 6.45) is 0. The van der Waals surface area contributed by atoms with E-state index in [9.17, 15) is 15.4 Å². The molecule has 1 heterocycles. The third-order valence-electron chi connectivity index (χ3n) is 3.69. The van der Waals surface area contributed by atoms with Crippen molar-refractivity contribution in [2.45, 2.75) is 0 Å². The van der Waals surface area contributed by atoms with E-state index < -0.39 is 4.92 Å². The molecule has 0 bridgehead atoms. The van der Waals surface area contributed by atoms with Crippen molar-refractivity contribution in [3.05, 3.63) is 75.3 Å². The number of aromatic nitrogens is 1. The van der Waals surface area contributed by atoms with Crippen LogP contribution in [0.4, 0.5) is 11.5 Å². The lowest BCUT2D eigenvalue weighted by atomic mass is 9.97. The topological polar surface area (TPSA) is 106 Å². The van der Waals surface area contributed by atoms with Crippen molar-refractivity contribution in [1.29, 1.82) is 5.26 Å². The predicted molar refractivity (Wildman–Crippen MR) is 95.9 cm³/mol. The molecule has 0 atom stereocenters. The van der Waals surface area contributed by atoms with Crippen LogP contribution in [-0.2, 0) is 0 Å². The van der Waals surface area contributed by atoms with Crippen molar-refractivity contribution in [3.63, 3.8) is 0 Å². The lowest BCUT2D eigenvalue weighted by molar-refractivity contribution is -0.384. The minimum absolute atomic E-state index is 0.0168. The van der Waals surface area contributed by atoms with Gasteiger partial charge in [0.05, 0.1) is 16.2 Å². The Labute approximate surface area is 148 Å². The molecule has 0 saturated heterocycles. The monoisotopic (exact) mass is 350 g/mol. The smallest absolute Gasteiger partial charge is 0.277 e. The molecule has 2 aromatic carbocycles. The van der Waals surface area contributed by atoms with E-state index in [0.717, 1.165) is 5.56 Å². The molecular weight excluding hydrogens is 340 g/mol. The van der Waals surface area contributed by atoms with Gasteiger partial charge in [-0.3, -0.25) is 10.1 Å². The number of nitrogens with zero attached hydrogens (tertiary/aromatic N) is 3. The molecule has 0 unspecified atom stereocenters. The van der Waals surface area contributed by atoms with Crippen LogP contribution in [0.2, 0.25) is 5.02 Å². The lowest BCUT2D eigenvalue weighted by Gasteiger charge is -2.10. The molecule has 3 rings (SSSR count). The fraction of sp³-hybridized carbons (Fsp3) is 0. The van der Waals surface area contributed by atoms with Gasteiger partial charge in [0.25, 0.3) is 5.69 Å². The number of hydrogen-bond acceptors (Lipinski definition) is 5. The Kier molecular flexibility index (Phi) is 4.33. The number of nitriles is 1. The van der Waals surface area contributed by atoms with Gasteiger partial charge in [-0.2, -0.15) is 5.26 Å². The number of pyridine rings is 1. The normalized spacial score (nSPS) is 10.2. The zero-order valence-corrected chi connectivity index (χ0v) is 13.6. The third kappa shape index (κ3) is 3.13. The van der Waals surface area contributed by atoms with Gasteiger partial charge in [0.1, 0.15) is 17.5 Å². The van der Waals surface area contributed by atoms with Crippen molar-refractivity contribution in [3.8, 4) is 28.5 Å². The second-order valence-corrected chi connectivity index (χ2v) is 5.64. The molecule has 0 fully saturated rings. The summed E-state index contributed by atoms with van der Waals surface area (Å²) < 4.78 is 0. The number of nitrogen functional groups attached to an aromatic ring is 1.